The summed E-state index contributed by atoms with van der Waals surface area (Å²) in [6.07, 6.45) is 0. The van der Waals surface area contributed by atoms with Crippen LogP contribution in [0.3, 0.4) is 0 Å². The molecule has 0 bridgehead atoms. The Balaban J connectivity index is 2.66. The highest BCUT2D eigenvalue weighted by molar-refractivity contribution is 5.81. The Hall–Kier alpha value is -2.14. The minimum atomic E-state index is -1.04. The number of likely N-dealkylation sites (N-methyl/N-ethyl adjacent to an activating group) is 1. The molecule has 18 heavy (non-hydrogen) atoms. The molecular formula is C13H14N2O3. The smallest absolute Gasteiger partial charge is 0.325 e. The fourth-order valence-corrected chi connectivity index (χ4v) is 2.00. The van der Waals surface area contributed by atoms with Crippen LogP contribution in [0.2, 0.25) is 0 Å². The number of nitrogens with zero attached hydrogens (tertiary/aromatic N) is 1. The van der Waals surface area contributed by atoms with Crippen molar-refractivity contribution in [3.63, 3.8) is 0 Å². The van der Waals surface area contributed by atoms with Crippen LogP contribution in [0.15, 0.2) is 35.1 Å². The van der Waals surface area contributed by atoms with Gasteiger partial charge < -0.3 is 10.1 Å². The maximum absolute atomic E-state index is 11.9. The monoisotopic (exact) mass is 246 g/mol. The average molecular weight is 246 g/mol. The lowest BCUT2D eigenvalue weighted by Crippen LogP contribution is -2.32. The van der Waals surface area contributed by atoms with Gasteiger partial charge in [0, 0.05) is 11.1 Å². The number of H-pyrrole nitrogens is 1. The number of benzene rings is 1. The van der Waals surface area contributed by atoms with Crippen LogP contribution in [0.5, 0.6) is 0 Å². The number of para-hydroxylation sites is 1. The van der Waals surface area contributed by atoms with Gasteiger partial charge in [-0.05, 0) is 31.6 Å². The quantitative estimate of drug-likeness (QED) is 0.854. The van der Waals surface area contributed by atoms with Crippen LogP contribution in [0, 0.1) is 0 Å². The lowest BCUT2D eigenvalue weighted by molar-refractivity contribution is -0.142. The third-order valence-electron chi connectivity index (χ3n) is 2.83. The summed E-state index contributed by atoms with van der Waals surface area (Å²) >= 11 is 0. The number of aliphatic carboxylic acids is 1. The van der Waals surface area contributed by atoms with Crippen LogP contribution in [0.25, 0.3) is 10.9 Å². The summed E-state index contributed by atoms with van der Waals surface area (Å²) in [7, 11) is 3.26. The molecular weight excluding hydrogens is 232 g/mol. The number of rotatable bonds is 3. The molecule has 0 saturated carbocycles. The second kappa shape index (κ2) is 4.62. The Morgan fingerprint density at radius 1 is 1.33 bits per heavy atom. The van der Waals surface area contributed by atoms with Crippen LogP contribution in [-0.2, 0) is 4.79 Å². The molecule has 0 saturated heterocycles. The molecule has 0 aliphatic heterocycles. The zero-order valence-electron chi connectivity index (χ0n) is 10.2. The highest BCUT2D eigenvalue weighted by Gasteiger charge is 2.25. The van der Waals surface area contributed by atoms with E-state index in [0.717, 1.165) is 5.39 Å². The summed E-state index contributed by atoms with van der Waals surface area (Å²) in [6.45, 7) is 0. The Morgan fingerprint density at radius 3 is 2.61 bits per heavy atom. The van der Waals surface area contributed by atoms with Crippen LogP contribution in [-0.4, -0.2) is 35.1 Å². The van der Waals surface area contributed by atoms with Gasteiger partial charge in [-0.25, -0.2) is 0 Å². The molecule has 5 nitrogen and oxygen atoms in total. The maximum atomic E-state index is 11.9. The summed E-state index contributed by atoms with van der Waals surface area (Å²) in [6, 6.07) is 7.97. The summed E-state index contributed by atoms with van der Waals surface area (Å²) in [4.78, 5) is 27.4. The van der Waals surface area contributed by atoms with Crippen molar-refractivity contribution in [3.05, 3.63) is 46.2 Å². The Morgan fingerprint density at radius 2 is 2.00 bits per heavy atom. The number of nitrogens with one attached hydrogen (secondary N) is 1. The van der Waals surface area contributed by atoms with E-state index in [0.29, 0.717) is 5.52 Å². The number of hydrogen-bond donors (Lipinski definition) is 2. The van der Waals surface area contributed by atoms with Crippen molar-refractivity contribution in [2.24, 2.45) is 0 Å². The van der Waals surface area contributed by atoms with Gasteiger partial charge in [0.05, 0.1) is 0 Å². The van der Waals surface area contributed by atoms with Gasteiger partial charge in [-0.2, -0.15) is 0 Å². The van der Waals surface area contributed by atoms with Crippen molar-refractivity contribution in [1.82, 2.24) is 9.88 Å². The van der Waals surface area contributed by atoms with Crippen molar-refractivity contribution >= 4 is 16.9 Å². The molecule has 5 heteroatoms. The molecule has 2 aromatic rings. The third kappa shape index (κ3) is 2.12. The van der Waals surface area contributed by atoms with E-state index in [1.165, 1.54) is 4.90 Å². The van der Waals surface area contributed by atoms with Gasteiger partial charge in [-0.1, -0.05) is 18.2 Å². The summed E-state index contributed by atoms with van der Waals surface area (Å²) in [5, 5.41) is 10.0. The van der Waals surface area contributed by atoms with E-state index >= 15 is 0 Å². The predicted octanol–water partition coefficient (Wildman–Crippen LogP) is 1.22. The van der Waals surface area contributed by atoms with Gasteiger partial charge in [0.1, 0.15) is 6.04 Å². The van der Waals surface area contributed by atoms with Crippen molar-refractivity contribution in [1.29, 1.82) is 0 Å². The van der Waals surface area contributed by atoms with Gasteiger partial charge >= 0.3 is 5.97 Å². The highest BCUT2D eigenvalue weighted by Crippen LogP contribution is 2.18. The second-order valence-electron chi connectivity index (χ2n) is 4.35. The predicted molar refractivity (Wildman–Crippen MR) is 68.6 cm³/mol. The number of carboxylic acids is 1. The molecule has 1 atom stereocenters. The number of aromatic amines is 1. The van der Waals surface area contributed by atoms with Crippen LogP contribution < -0.4 is 5.56 Å². The van der Waals surface area contributed by atoms with Crippen molar-refractivity contribution < 1.29 is 9.90 Å². The molecule has 1 aromatic carbocycles. The number of carboxylic acid groups (broad SMARTS) is 1. The van der Waals surface area contributed by atoms with E-state index in [2.05, 4.69) is 4.98 Å². The minimum absolute atomic E-state index is 0.242. The van der Waals surface area contributed by atoms with Crippen molar-refractivity contribution in [3.8, 4) is 0 Å². The van der Waals surface area contributed by atoms with Crippen LogP contribution in [0.1, 0.15) is 11.6 Å². The Labute approximate surface area is 104 Å². The molecule has 0 amide bonds. The molecule has 0 aliphatic rings. The minimum Gasteiger partial charge on any atom is -0.480 e. The number of fused-ring (bicyclic) bond motifs is 1. The molecule has 0 fully saturated rings. The number of carbonyl (C=O) groups is 1. The van der Waals surface area contributed by atoms with Crippen LogP contribution >= 0.6 is 0 Å². The first-order chi connectivity index (χ1) is 8.50. The molecule has 0 spiro atoms. The van der Waals surface area contributed by atoms with Crippen LogP contribution in [0.4, 0.5) is 0 Å². The first-order valence-electron chi connectivity index (χ1n) is 5.52. The van der Waals surface area contributed by atoms with E-state index < -0.39 is 12.0 Å². The Bertz CT molecular complexity index is 646. The van der Waals surface area contributed by atoms with E-state index in [1.807, 2.05) is 18.2 Å². The van der Waals surface area contributed by atoms with Crippen molar-refractivity contribution in [2.75, 3.05) is 14.1 Å². The topological polar surface area (TPSA) is 73.4 Å². The van der Waals surface area contributed by atoms with Gasteiger partial charge in [0.2, 0.25) is 0 Å². The molecule has 2 rings (SSSR count). The van der Waals surface area contributed by atoms with E-state index in [-0.39, 0.29) is 11.1 Å². The summed E-state index contributed by atoms with van der Waals surface area (Å²) < 4.78 is 0. The third-order valence-corrected chi connectivity index (χ3v) is 2.83. The normalized spacial score (nSPS) is 12.8. The Kier molecular flexibility index (Phi) is 3.16. The van der Waals surface area contributed by atoms with Gasteiger partial charge in [-0.3, -0.25) is 14.5 Å². The number of pyridine rings is 1. The highest BCUT2D eigenvalue weighted by atomic mass is 16.4. The van der Waals surface area contributed by atoms with Gasteiger partial charge in [0.25, 0.3) is 5.56 Å². The molecule has 1 heterocycles. The molecule has 94 valence electrons. The van der Waals surface area contributed by atoms with E-state index in [4.69, 9.17) is 0 Å². The first kappa shape index (κ1) is 12.3. The lowest BCUT2D eigenvalue weighted by atomic mass is 10.1. The maximum Gasteiger partial charge on any atom is 0.325 e. The molecule has 0 aliphatic carbocycles. The van der Waals surface area contributed by atoms with Gasteiger partial charge in [-0.15, -0.1) is 0 Å². The standard InChI is InChI=1S/C13H14N2O3/c1-15(2)11(13(17)18)9-7-8-5-3-4-6-10(8)14-12(9)16/h3-7,11H,1-2H3,(H,14,16)(H,17,18). The number of aromatic nitrogens is 1. The molecule has 0 radical (unpaired) electrons. The lowest BCUT2D eigenvalue weighted by Gasteiger charge is -2.19. The number of hydrogen-bond acceptors (Lipinski definition) is 3. The SMILES string of the molecule is CN(C)C(C(=O)O)c1cc2ccccc2[nH]c1=O. The molecule has 1 aromatic heterocycles. The second-order valence-corrected chi connectivity index (χ2v) is 4.35. The molecule has 2 N–H and O–H groups in total. The fourth-order valence-electron chi connectivity index (χ4n) is 2.00. The summed E-state index contributed by atoms with van der Waals surface area (Å²) in [5.74, 6) is -1.04. The molecule has 1 unspecified atom stereocenters. The van der Waals surface area contributed by atoms with E-state index in [1.54, 1.807) is 26.2 Å². The average Bonchev–Trinajstić information content (AvgIpc) is 2.29. The zero-order valence-corrected chi connectivity index (χ0v) is 10.2. The van der Waals surface area contributed by atoms with E-state index in [9.17, 15) is 14.7 Å². The largest absolute Gasteiger partial charge is 0.480 e. The first-order valence-corrected chi connectivity index (χ1v) is 5.52. The summed E-state index contributed by atoms with van der Waals surface area (Å²) in [5.41, 5.74) is 0.579. The van der Waals surface area contributed by atoms with Gasteiger partial charge in [0.15, 0.2) is 0 Å². The zero-order chi connectivity index (χ0) is 13.3. The fraction of sp³-hybridized carbons (Fsp3) is 0.231. The van der Waals surface area contributed by atoms with Crippen molar-refractivity contribution in [2.45, 2.75) is 6.04 Å².